The highest BCUT2D eigenvalue weighted by atomic mass is 14.9. The maximum Gasteiger partial charge on any atom is 0.134 e. The van der Waals surface area contributed by atoms with Crippen LogP contribution in [0.4, 0.5) is 5.69 Å². The largest absolute Gasteiger partial charge is 0.399 e. The number of anilines is 1. The van der Waals surface area contributed by atoms with Crippen molar-refractivity contribution < 1.29 is 0 Å². The highest BCUT2D eigenvalue weighted by molar-refractivity contribution is 5.81. The molecule has 0 aliphatic heterocycles. The smallest absolute Gasteiger partial charge is 0.134 e. The molecule has 0 amide bonds. The zero-order valence-corrected chi connectivity index (χ0v) is 10.2. The number of aromatic amines is 1. The Hall–Kier alpha value is -2.03. The number of rotatable bonds is 3. The van der Waals surface area contributed by atoms with Gasteiger partial charge in [-0.1, -0.05) is 25.2 Å². The van der Waals surface area contributed by atoms with Crippen LogP contribution in [0.3, 0.4) is 0 Å². The van der Waals surface area contributed by atoms with Crippen molar-refractivity contribution in [1.82, 2.24) is 9.97 Å². The van der Waals surface area contributed by atoms with Gasteiger partial charge in [0.25, 0.3) is 0 Å². The third kappa shape index (κ3) is 2.38. The van der Waals surface area contributed by atoms with E-state index < -0.39 is 0 Å². The number of fused-ring (bicyclic) bond motifs is 1. The van der Waals surface area contributed by atoms with E-state index in [1.807, 2.05) is 37.3 Å². The van der Waals surface area contributed by atoms with Crippen molar-refractivity contribution in [3.8, 4) is 0 Å². The predicted octanol–water partition coefficient (Wildman–Crippen LogP) is 3.51. The van der Waals surface area contributed by atoms with Crippen molar-refractivity contribution in [1.29, 1.82) is 0 Å². The molecule has 0 bridgehead atoms. The second-order valence-corrected chi connectivity index (χ2v) is 3.93. The maximum atomic E-state index is 5.75. The second-order valence-electron chi connectivity index (χ2n) is 3.93. The molecule has 0 unspecified atom stereocenters. The number of hydrogen-bond acceptors (Lipinski definition) is 2. The first kappa shape index (κ1) is 11.5. The molecule has 0 radical (unpaired) electrons. The molecular formula is C14H17N3. The lowest BCUT2D eigenvalue weighted by molar-refractivity contribution is 1.16. The van der Waals surface area contributed by atoms with Gasteiger partial charge in [0.1, 0.15) is 5.82 Å². The lowest BCUT2D eigenvalue weighted by Crippen LogP contribution is -1.85. The number of imidazole rings is 1. The molecule has 17 heavy (non-hydrogen) atoms. The topological polar surface area (TPSA) is 54.7 Å². The maximum absolute atomic E-state index is 5.75. The molecule has 0 spiro atoms. The monoisotopic (exact) mass is 227 g/mol. The van der Waals surface area contributed by atoms with Crippen LogP contribution in [0.25, 0.3) is 16.6 Å². The van der Waals surface area contributed by atoms with Crippen LogP contribution in [-0.4, -0.2) is 9.97 Å². The van der Waals surface area contributed by atoms with Crippen LogP contribution in [0.15, 0.2) is 36.4 Å². The van der Waals surface area contributed by atoms with Gasteiger partial charge in [0.05, 0.1) is 11.0 Å². The Morgan fingerprint density at radius 1 is 1.47 bits per heavy atom. The SMILES string of the molecule is C/C=C\C=C(/CC)c1nc2ccc(N)cc2[nH]1. The molecular weight excluding hydrogens is 210 g/mol. The van der Waals surface area contributed by atoms with E-state index in [-0.39, 0.29) is 0 Å². The van der Waals surface area contributed by atoms with E-state index in [9.17, 15) is 0 Å². The van der Waals surface area contributed by atoms with Crippen molar-refractivity contribution in [3.05, 3.63) is 42.3 Å². The average Bonchev–Trinajstić information content (AvgIpc) is 2.72. The molecule has 2 rings (SSSR count). The van der Waals surface area contributed by atoms with E-state index in [1.54, 1.807) is 0 Å². The van der Waals surface area contributed by atoms with E-state index >= 15 is 0 Å². The normalized spacial score (nSPS) is 12.7. The summed E-state index contributed by atoms with van der Waals surface area (Å²) >= 11 is 0. The molecule has 0 fully saturated rings. The molecule has 3 N–H and O–H groups in total. The molecule has 0 atom stereocenters. The van der Waals surface area contributed by atoms with Crippen molar-refractivity contribution in [2.45, 2.75) is 20.3 Å². The molecule has 1 aromatic carbocycles. The number of aromatic nitrogens is 2. The fourth-order valence-electron chi connectivity index (χ4n) is 1.76. The molecule has 1 heterocycles. The van der Waals surface area contributed by atoms with Crippen LogP contribution in [0, 0.1) is 0 Å². The Morgan fingerprint density at radius 2 is 2.29 bits per heavy atom. The summed E-state index contributed by atoms with van der Waals surface area (Å²) in [5, 5.41) is 0. The first-order valence-electron chi connectivity index (χ1n) is 5.82. The van der Waals surface area contributed by atoms with Crippen molar-refractivity contribution in [2.75, 3.05) is 5.73 Å². The van der Waals surface area contributed by atoms with Crippen LogP contribution in [-0.2, 0) is 0 Å². The number of benzene rings is 1. The van der Waals surface area contributed by atoms with Crippen LogP contribution >= 0.6 is 0 Å². The third-order valence-corrected chi connectivity index (χ3v) is 2.68. The number of H-pyrrole nitrogens is 1. The van der Waals surface area contributed by atoms with Crippen molar-refractivity contribution in [2.24, 2.45) is 0 Å². The lowest BCUT2D eigenvalue weighted by atomic mass is 10.2. The van der Waals surface area contributed by atoms with Gasteiger partial charge in [0, 0.05) is 5.69 Å². The van der Waals surface area contributed by atoms with Crippen LogP contribution in [0.2, 0.25) is 0 Å². The summed E-state index contributed by atoms with van der Waals surface area (Å²) in [5.74, 6) is 0.922. The molecule has 3 nitrogen and oxygen atoms in total. The summed E-state index contributed by atoms with van der Waals surface area (Å²) in [5.41, 5.74) is 9.63. The number of nitrogen functional groups attached to an aromatic ring is 1. The van der Waals surface area contributed by atoms with Gasteiger partial charge in [-0.2, -0.15) is 0 Å². The first-order valence-corrected chi connectivity index (χ1v) is 5.82. The average molecular weight is 227 g/mol. The lowest BCUT2D eigenvalue weighted by Gasteiger charge is -1.97. The van der Waals surface area contributed by atoms with Crippen LogP contribution in [0.5, 0.6) is 0 Å². The molecule has 0 saturated carbocycles. The third-order valence-electron chi connectivity index (χ3n) is 2.68. The van der Waals surface area contributed by atoms with Gasteiger partial charge >= 0.3 is 0 Å². The Balaban J connectivity index is 2.48. The van der Waals surface area contributed by atoms with Gasteiger partial charge in [-0.3, -0.25) is 0 Å². The van der Waals surface area contributed by atoms with Gasteiger partial charge in [-0.25, -0.2) is 4.98 Å². The number of allylic oxidation sites excluding steroid dienone is 4. The Labute approximate surface area is 101 Å². The van der Waals surface area contributed by atoms with Gasteiger partial charge in [0.2, 0.25) is 0 Å². The molecule has 0 aliphatic rings. The van der Waals surface area contributed by atoms with E-state index in [4.69, 9.17) is 5.73 Å². The fraction of sp³-hybridized carbons (Fsp3) is 0.214. The highest BCUT2D eigenvalue weighted by Crippen LogP contribution is 2.21. The quantitative estimate of drug-likeness (QED) is 0.622. The molecule has 0 aliphatic carbocycles. The minimum atomic E-state index is 0.753. The van der Waals surface area contributed by atoms with E-state index in [2.05, 4.69) is 23.0 Å². The Bertz CT molecular complexity index is 576. The summed E-state index contributed by atoms with van der Waals surface area (Å²) in [4.78, 5) is 7.87. The van der Waals surface area contributed by atoms with Crippen molar-refractivity contribution >= 4 is 22.3 Å². The number of hydrogen-bond donors (Lipinski definition) is 2. The first-order chi connectivity index (χ1) is 8.24. The Kier molecular flexibility index (Phi) is 3.28. The van der Waals surface area contributed by atoms with E-state index in [1.165, 1.54) is 5.57 Å². The van der Waals surface area contributed by atoms with Gasteiger partial charge in [0.15, 0.2) is 0 Å². The van der Waals surface area contributed by atoms with E-state index in [0.29, 0.717) is 0 Å². The number of nitrogens with one attached hydrogen (secondary N) is 1. The summed E-state index contributed by atoms with van der Waals surface area (Å²) in [7, 11) is 0. The Morgan fingerprint density at radius 3 is 3.00 bits per heavy atom. The van der Waals surface area contributed by atoms with Crippen molar-refractivity contribution in [3.63, 3.8) is 0 Å². The zero-order chi connectivity index (χ0) is 12.3. The molecule has 1 aromatic heterocycles. The van der Waals surface area contributed by atoms with E-state index in [0.717, 1.165) is 29.0 Å². The summed E-state index contributed by atoms with van der Waals surface area (Å²) in [6.07, 6.45) is 7.07. The predicted molar refractivity (Wildman–Crippen MR) is 73.6 cm³/mol. The summed E-state index contributed by atoms with van der Waals surface area (Å²) in [6, 6.07) is 5.72. The summed E-state index contributed by atoms with van der Waals surface area (Å²) in [6.45, 7) is 4.12. The molecule has 88 valence electrons. The number of nitrogens with two attached hydrogens (primary N) is 1. The van der Waals surface area contributed by atoms with Crippen LogP contribution < -0.4 is 5.73 Å². The minimum Gasteiger partial charge on any atom is -0.399 e. The standard InChI is InChI=1S/C14H17N3/c1-3-5-6-10(4-2)14-16-12-8-7-11(15)9-13(12)17-14/h3,5-9H,4,15H2,1-2H3,(H,16,17)/b5-3-,10-6+. The number of nitrogens with zero attached hydrogens (tertiary/aromatic N) is 1. The molecule has 0 saturated heterocycles. The minimum absolute atomic E-state index is 0.753. The van der Waals surface area contributed by atoms with Gasteiger partial charge < -0.3 is 10.7 Å². The molecule has 3 heteroatoms. The van der Waals surface area contributed by atoms with Crippen LogP contribution in [0.1, 0.15) is 26.1 Å². The van der Waals surface area contributed by atoms with Gasteiger partial charge in [-0.15, -0.1) is 0 Å². The molecule has 2 aromatic rings. The fourth-order valence-corrected chi connectivity index (χ4v) is 1.76. The zero-order valence-electron chi connectivity index (χ0n) is 10.2. The summed E-state index contributed by atoms with van der Waals surface area (Å²) < 4.78 is 0. The highest BCUT2D eigenvalue weighted by Gasteiger charge is 2.05. The van der Waals surface area contributed by atoms with Gasteiger partial charge in [-0.05, 0) is 37.1 Å². The second kappa shape index (κ2) is 4.87.